The van der Waals surface area contributed by atoms with Crippen molar-refractivity contribution in [3.8, 4) is 17.2 Å². The van der Waals surface area contributed by atoms with E-state index in [2.05, 4.69) is 0 Å². The Labute approximate surface area is 183 Å². The van der Waals surface area contributed by atoms with E-state index in [1.165, 1.54) is 24.3 Å². The molecule has 0 aromatic heterocycles. The molecule has 2 unspecified atom stereocenters. The molecule has 0 radical (unpaired) electrons. The zero-order valence-corrected chi connectivity index (χ0v) is 17.4. The van der Waals surface area contributed by atoms with Crippen LogP contribution in [0.15, 0.2) is 66.7 Å². The van der Waals surface area contributed by atoms with Crippen LogP contribution in [0, 0.1) is 5.82 Å². The molecule has 3 nitrogen and oxygen atoms in total. The summed E-state index contributed by atoms with van der Waals surface area (Å²) in [5, 5.41) is 0. The van der Waals surface area contributed by atoms with Crippen LogP contribution in [0.3, 0.4) is 0 Å². The summed E-state index contributed by atoms with van der Waals surface area (Å²) in [6.45, 7) is 1.22. The van der Waals surface area contributed by atoms with Crippen molar-refractivity contribution < 1.29 is 31.8 Å². The van der Waals surface area contributed by atoms with Crippen LogP contribution in [0.4, 0.5) is 17.6 Å². The maximum atomic E-state index is 14.1. The van der Waals surface area contributed by atoms with Crippen LogP contribution >= 0.6 is 0 Å². The zero-order chi connectivity index (χ0) is 22.7. The van der Waals surface area contributed by atoms with Crippen molar-refractivity contribution in [1.82, 2.24) is 0 Å². The van der Waals surface area contributed by atoms with Crippen LogP contribution in [0.2, 0.25) is 0 Å². The molecular weight excluding hydrogens is 424 g/mol. The second-order valence-electron chi connectivity index (χ2n) is 7.79. The van der Waals surface area contributed by atoms with Gasteiger partial charge in [0.05, 0.1) is 13.2 Å². The molecule has 0 saturated carbocycles. The largest absolute Gasteiger partial charge is 0.490 e. The first-order valence-corrected chi connectivity index (χ1v) is 10.2. The van der Waals surface area contributed by atoms with Crippen molar-refractivity contribution in [3.63, 3.8) is 0 Å². The minimum absolute atomic E-state index is 0.0163. The van der Waals surface area contributed by atoms with Gasteiger partial charge in [0.15, 0.2) is 11.6 Å². The van der Waals surface area contributed by atoms with Crippen LogP contribution in [0.25, 0.3) is 0 Å². The van der Waals surface area contributed by atoms with Crippen LogP contribution < -0.4 is 9.47 Å². The highest BCUT2D eigenvalue weighted by Gasteiger charge is 2.41. The Balaban J connectivity index is 1.44. The Hall–Kier alpha value is -3.06. The number of ether oxygens (including phenoxy) is 3. The van der Waals surface area contributed by atoms with Gasteiger partial charge in [-0.3, -0.25) is 0 Å². The minimum Gasteiger partial charge on any atom is -0.490 e. The molecule has 4 rings (SSSR count). The molecule has 2 atom stereocenters. The van der Waals surface area contributed by atoms with E-state index in [9.17, 15) is 17.6 Å². The Morgan fingerprint density at radius 3 is 2.56 bits per heavy atom. The molecule has 7 heteroatoms. The lowest BCUT2D eigenvalue weighted by Gasteiger charge is -2.21. The first-order chi connectivity index (χ1) is 15.3. The fourth-order valence-electron chi connectivity index (χ4n) is 3.66. The van der Waals surface area contributed by atoms with E-state index in [1.807, 2.05) is 6.92 Å². The zero-order valence-electron chi connectivity index (χ0n) is 17.4. The van der Waals surface area contributed by atoms with E-state index in [0.717, 1.165) is 5.56 Å². The van der Waals surface area contributed by atoms with Crippen molar-refractivity contribution in [2.75, 3.05) is 6.61 Å². The summed E-state index contributed by atoms with van der Waals surface area (Å²) in [5.74, 6) is -1.28. The van der Waals surface area contributed by atoms with Gasteiger partial charge < -0.3 is 14.2 Å². The lowest BCUT2D eigenvalue weighted by Crippen LogP contribution is -2.25. The quantitative estimate of drug-likeness (QED) is 0.374. The van der Waals surface area contributed by atoms with Gasteiger partial charge in [-0.1, -0.05) is 36.4 Å². The summed E-state index contributed by atoms with van der Waals surface area (Å²) in [4.78, 5) is 0. The maximum Gasteiger partial charge on any atom is 0.397 e. The Morgan fingerprint density at radius 1 is 1.03 bits per heavy atom. The monoisotopic (exact) mass is 446 g/mol. The van der Waals surface area contributed by atoms with Crippen molar-refractivity contribution in [1.29, 1.82) is 0 Å². The topological polar surface area (TPSA) is 27.7 Å². The van der Waals surface area contributed by atoms with E-state index in [-0.39, 0.29) is 24.0 Å². The summed E-state index contributed by atoms with van der Waals surface area (Å²) in [6, 6.07) is 17.3. The molecule has 0 fully saturated rings. The fraction of sp³-hybridized carbons (Fsp3) is 0.280. The standard InChI is InChI=1S/C25H22F4O3/c1-16-11-19-13-18(8-10-23(19)31-16)21(25(27,28)29)15-30-14-17-7-9-22(26)24(12-17)32-20-5-3-2-4-6-20/h2-10,12-13,16,21H,11,14-15H2,1H3. The third-order valence-corrected chi connectivity index (χ3v) is 5.24. The number of para-hydroxylation sites is 1. The smallest absolute Gasteiger partial charge is 0.397 e. The molecule has 32 heavy (non-hydrogen) atoms. The number of rotatable bonds is 7. The molecule has 0 saturated heterocycles. The van der Waals surface area contributed by atoms with E-state index in [4.69, 9.17) is 14.2 Å². The van der Waals surface area contributed by atoms with Crippen LogP contribution in [-0.4, -0.2) is 18.9 Å². The van der Waals surface area contributed by atoms with Gasteiger partial charge in [0.2, 0.25) is 0 Å². The summed E-state index contributed by atoms with van der Waals surface area (Å²) >= 11 is 0. The van der Waals surface area contributed by atoms with Gasteiger partial charge in [-0.05, 0) is 53.9 Å². The van der Waals surface area contributed by atoms with Gasteiger partial charge in [0.1, 0.15) is 23.5 Å². The molecule has 1 heterocycles. The third-order valence-electron chi connectivity index (χ3n) is 5.24. The van der Waals surface area contributed by atoms with E-state index >= 15 is 0 Å². The molecule has 1 aliphatic heterocycles. The molecular formula is C25H22F4O3. The minimum atomic E-state index is -4.47. The number of halogens is 4. The third kappa shape index (κ3) is 5.22. The number of benzene rings is 3. The number of alkyl halides is 3. The molecule has 1 aliphatic rings. The molecule has 0 bridgehead atoms. The predicted octanol–water partition coefficient (Wildman–Crippen LogP) is 6.80. The molecule has 3 aromatic carbocycles. The van der Waals surface area contributed by atoms with Gasteiger partial charge in [-0.15, -0.1) is 0 Å². The van der Waals surface area contributed by atoms with E-state index in [1.54, 1.807) is 42.5 Å². The second kappa shape index (κ2) is 9.20. The van der Waals surface area contributed by atoms with Gasteiger partial charge >= 0.3 is 6.18 Å². The summed E-state index contributed by atoms with van der Waals surface area (Å²) < 4.78 is 71.8. The van der Waals surface area contributed by atoms with Crippen molar-refractivity contribution in [2.24, 2.45) is 0 Å². The highest BCUT2D eigenvalue weighted by molar-refractivity contribution is 5.42. The normalized spacial score (nSPS) is 16.3. The average molecular weight is 446 g/mol. The Bertz CT molecular complexity index is 1070. The van der Waals surface area contributed by atoms with Crippen molar-refractivity contribution in [2.45, 2.75) is 38.1 Å². The lowest BCUT2D eigenvalue weighted by atomic mass is 9.96. The highest BCUT2D eigenvalue weighted by Crippen LogP contribution is 2.39. The van der Waals surface area contributed by atoms with Gasteiger partial charge in [-0.25, -0.2) is 4.39 Å². The molecule has 3 aromatic rings. The highest BCUT2D eigenvalue weighted by atomic mass is 19.4. The molecule has 0 amide bonds. The SMILES string of the molecule is CC1Cc2cc(C(COCc3ccc(F)c(Oc4ccccc4)c3)C(F)(F)F)ccc2O1. The Morgan fingerprint density at radius 2 is 1.81 bits per heavy atom. The van der Waals surface area contributed by atoms with Gasteiger partial charge in [0, 0.05) is 6.42 Å². The second-order valence-corrected chi connectivity index (χ2v) is 7.79. The summed E-state index contributed by atoms with van der Waals surface area (Å²) in [7, 11) is 0. The van der Waals surface area contributed by atoms with E-state index < -0.39 is 24.5 Å². The van der Waals surface area contributed by atoms with Crippen LogP contribution in [0.1, 0.15) is 29.5 Å². The first kappa shape index (κ1) is 22.1. The molecule has 0 spiro atoms. The van der Waals surface area contributed by atoms with Gasteiger partial charge in [-0.2, -0.15) is 13.2 Å². The first-order valence-electron chi connectivity index (χ1n) is 10.2. The fourth-order valence-corrected chi connectivity index (χ4v) is 3.66. The predicted molar refractivity (Wildman–Crippen MR) is 112 cm³/mol. The molecule has 0 N–H and O–H groups in total. The van der Waals surface area contributed by atoms with Crippen molar-refractivity contribution >= 4 is 0 Å². The van der Waals surface area contributed by atoms with Crippen LogP contribution in [-0.2, 0) is 17.8 Å². The molecule has 0 aliphatic carbocycles. The average Bonchev–Trinajstić information content (AvgIpc) is 3.12. The number of hydrogen-bond acceptors (Lipinski definition) is 3. The van der Waals surface area contributed by atoms with E-state index in [0.29, 0.717) is 23.5 Å². The summed E-state index contributed by atoms with van der Waals surface area (Å²) in [5.41, 5.74) is 1.42. The Kier molecular flexibility index (Phi) is 6.37. The van der Waals surface area contributed by atoms with Gasteiger partial charge in [0.25, 0.3) is 0 Å². The van der Waals surface area contributed by atoms with Crippen molar-refractivity contribution in [3.05, 3.63) is 89.2 Å². The number of fused-ring (bicyclic) bond motifs is 1. The number of hydrogen-bond donors (Lipinski definition) is 0. The molecule has 168 valence electrons. The summed E-state index contributed by atoms with van der Waals surface area (Å²) in [6.07, 6.45) is -3.94. The maximum absolute atomic E-state index is 14.1. The van der Waals surface area contributed by atoms with Crippen LogP contribution in [0.5, 0.6) is 17.2 Å². The lowest BCUT2D eigenvalue weighted by molar-refractivity contribution is -0.163.